The first-order valence-corrected chi connectivity index (χ1v) is 7.19. The van der Waals surface area contributed by atoms with Crippen LogP contribution in [0.15, 0.2) is 30.7 Å². The molecule has 0 atom stereocenters. The molecule has 1 aromatic heterocycles. The fourth-order valence-electron chi connectivity index (χ4n) is 2.58. The van der Waals surface area contributed by atoms with Gasteiger partial charge in [0.15, 0.2) is 0 Å². The van der Waals surface area contributed by atoms with Crippen LogP contribution >= 0.6 is 23.2 Å². The number of halogens is 2. The summed E-state index contributed by atoms with van der Waals surface area (Å²) >= 11 is 12.1. The Hall–Kier alpha value is -1.03. The van der Waals surface area contributed by atoms with Crippen LogP contribution in [-0.4, -0.2) is 22.6 Å². The SMILES string of the molecule is Clc1ccc(-n2cncc2C2CCNCC2)cc1Cl. The summed E-state index contributed by atoms with van der Waals surface area (Å²) in [5.41, 5.74) is 2.26. The maximum Gasteiger partial charge on any atom is 0.0994 e. The monoisotopic (exact) mass is 295 g/mol. The minimum Gasteiger partial charge on any atom is -0.317 e. The fourth-order valence-corrected chi connectivity index (χ4v) is 2.87. The molecule has 2 heterocycles. The van der Waals surface area contributed by atoms with Gasteiger partial charge in [-0.25, -0.2) is 4.98 Å². The van der Waals surface area contributed by atoms with E-state index in [0.29, 0.717) is 16.0 Å². The molecular weight excluding hydrogens is 281 g/mol. The number of nitrogens with one attached hydrogen (secondary N) is 1. The van der Waals surface area contributed by atoms with Crippen molar-refractivity contribution < 1.29 is 0 Å². The summed E-state index contributed by atoms with van der Waals surface area (Å²) in [6, 6.07) is 5.68. The standard InChI is InChI=1S/C14H15Cl2N3/c15-12-2-1-11(7-13(12)16)19-9-18-8-14(19)10-3-5-17-6-4-10/h1-2,7-10,17H,3-6H2. The van der Waals surface area contributed by atoms with Gasteiger partial charge in [-0.1, -0.05) is 23.2 Å². The molecule has 0 radical (unpaired) electrons. The van der Waals surface area contributed by atoms with Gasteiger partial charge >= 0.3 is 0 Å². The molecule has 0 saturated carbocycles. The topological polar surface area (TPSA) is 29.9 Å². The summed E-state index contributed by atoms with van der Waals surface area (Å²) in [7, 11) is 0. The molecule has 1 aromatic carbocycles. The molecule has 0 amide bonds. The number of benzene rings is 1. The first kappa shape index (κ1) is 13.0. The van der Waals surface area contributed by atoms with E-state index in [9.17, 15) is 0 Å². The third-order valence-corrected chi connectivity index (χ3v) is 4.34. The molecule has 0 spiro atoms. The van der Waals surface area contributed by atoms with Crippen LogP contribution in [0.2, 0.25) is 10.0 Å². The van der Waals surface area contributed by atoms with Gasteiger partial charge in [-0.2, -0.15) is 0 Å². The number of piperidine rings is 1. The van der Waals surface area contributed by atoms with Gasteiger partial charge in [-0.15, -0.1) is 0 Å². The van der Waals surface area contributed by atoms with Crippen LogP contribution in [-0.2, 0) is 0 Å². The summed E-state index contributed by atoms with van der Waals surface area (Å²) in [5.74, 6) is 0.554. The summed E-state index contributed by atoms with van der Waals surface area (Å²) in [5, 5.41) is 4.54. The van der Waals surface area contributed by atoms with E-state index < -0.39 is 0 Å². The van der Waals surface area contributed by atoms with Crippen molar-refractivity contribution >= 4 is 23.2 Å². The van der Waals surface area contributed by atoms with Crippen molar-refractivity contribution in [1.82, 2.24) is 14.9 Å². The van der Waals surface area contributed by atoms with Crippen molar-refractivity contribution in [3.63, 3.8) is 0 Å². The highest BCUT2D eigenvalue weighted by Crippen LogP contribution is 2.29. The number of nitrogens with zero attached hydrogens (tertiary/aromatic N) is 2. The summed E-state index contributed by atoms with van der Waals surface area (Å²) in [6.45, 7) is 2.13. The molecule has 1 aliphatic rings. The van der Waals surface area contributed by atoms with Gasteiger partial charge in [0.25, 0.3) is 0 Å². The minimum atomic E-state index is 0.554. The maximum absolute atomic E-state index is 6.09. The predicted molar refractivity (Wildman–Crippen MR) is 78.4 cm³/mol. The average molecular weight is 296 g/mol. The van der Waals surface area contributed by atoms with Crippen LogP contribution in [0.5, 0.6) is 0 Å². The van der Waals surface area contributed by atoms with Crippen molar-refractivity contribution in [2.75, 3.05) is 13.1 Å². The Morgan fingerprint density at radius 3 is 2.68 bits per heavy atom. The van der Waals surface area contributed by atoms with Gasteiger partial charge in [-0.3, -0.25) is 0 Å². The Bertz CT molecular complexity index is 574. The van der Waals surface area contributed by atoms with Gasteiger partial charge in [0.2, 0.25) is 0 Å². The summed E-state index contributed by atoms with van der Waals surface area (Å²) in [4.78, 5) is 4.29. The van der Waals surface area contributed by atoms with E-state index in [1.54, 1.807) is 0 Å². The van der Waals surface area contributed by atoms with Crippen LogP contribution in [0, 0.1) is 0 Å². The highest BCUT2D eigenvalue weighted by molar-refractivity contribution is 6.42. The molecule has 0 unspecified atom stereocenters. The zero-order valence-corrected chi connectivity index (χ0v) is 12.0. The molecule has 1 N–H and O–H groups in total. The Labute approximate surface area is 122 Å². The Balaban J connectivity index is 1.96. The lowest BCUT2D eigenvalue weighted by atomic mass is 9.95. The van der Waals surface area contributed by atoms with Crippen molar-refractivity contribution in [2.24, 2.45) is 0 Å². The largest absolute Gasteiger partial charge is 0.317 e. The molecule has 1 aliphatic heterocycles. The maximum atomic E-state index is 6.09. The lowest BCUT2D eigenvalue weighted by Gasteiger charge is -2.23. The average Bonchev–Trinajstić information content (AvgIpc) is 2.92. The van der Waals surface area contributed by atoms with Gasteiger partial charge in [-0.05, 0) is 44.1 Å². The van der Waals surface area contributed by atoms with E-state index in [2.05, 4.69) is 14.9 Å². The van der Waals surface area contributed by atoms with Gasteiger partial charge < -0.3 is 9.88 Å². The van der Waals surface area contributed by atoms with Crippen molar-refractivity contribution in [3.8, 4) is 5.69 Å². The fraction of sp³-hybridized carbons (Fsp3) is 0.357. The summed E-state index contributed by atoms with van der Waals surface area (Å²) < 4.78 is 2.11. The van der Waals surface area contributed by atoms with Gasteiger partial charge in [0.1, 0.15) is 0 Å². The Kier molecular flexibility index (Phi) is 3.78. The molecule has 5 heteroatoms. The van der Waals surface area contributed by atoms with Crippen LogP contribution in [0.1, 0.15) is 24.5 Å². The number of hydrogen-bond donors (Lipinski definition) is 1. The van der Waals surface area contributed by atoms with Gasteiger partial charge in [0.05, 0.1) is 16.4 Å². The zero-order valence-electron chi connectivity index (χ0n) is 10.4. The van der Waals surface area contributed by atoms with E-state index in [1.165, 1.54) is 5.69 Å². The molecule has 0 bridgehead atoms. The molecule has 19 heavy (non-hydrogen) atoms. The molecule has 2 aromatic rings. The van der Waals surface area contributed by atoms with E-state index in [-0.39, 0.29) is 0 Å². The molecule has 1 fully saturated rings. The van der Waals surface area contributed by atoms with Crippen molar-refractivity contribution in [2.45, 2.75) is 18.8 Å². The second-order valence-electron chi connectivity index (χ2n) is 4.81. The van der Waals surface area contributed by atoms with Crippen LogP contribution in [0.3, 0.4) is 0 Å². The van der Waals surface area contributed by atoms with Crippen LogP contribution in [0.25, 0.3) is 5.69 Å². The lowest BCUT2D eigenvalue weighted by molar-refractivity contribution is 0.449. The normalized spacial score (nSPS) is 16.7. The van der Waals surface area contributed by atoms with E-state index in [4.69, 9.17) is 23.2 Å². The third kappa shape index (κ3) is 2.64. The van der Waals surface area contributed by atoms with Gasteiger partial charge in [0, 0.05) is 23.5 Å². The van der Waals surface area contributed by atoms with E-state index in [1.807, 2.05) is 30.7 Å². The minimum absolute atomic E-state index is 0.554. The van der Waals surface area contributed by atoms with Crippen molar-refractivity contribution in [1.29, 1.82) is 0 Å². The zero-order chi connectivity index (χ0) is 13.2. The van der Waals surface area contributed by atoms with Crippen LogP contribution in [0.4, 0.5) is 0 Å². The number of rotatable bonds is 2. The quantitative estimate of drug-likeness (QED) is 0.917. The highest BCUT2D eigenvalue weighted by Gasteiger charge is 2.19. The molecule has 3 nitrogen and oxygen atoms in total. The molecule has 100 valence electrons. The number of imidazole rings is 1. The molecule has 3 rings (SSSR count). The molecular formula is C14H15Cl2N3. The third-order valence-electron chi connectivity index (χ3n) is 3.61. The number of aromatic nitrogens is 2. The second kappa shape index (κ2) is 5.53. The predicted octanol–water partition coefficient (Wildman–Crippen LogP) is 3.65. The summed E-state index contributed by atoms with van der Waals surface area (Å²) in [6.07, 6.45) is 6.09. The second-order valence-corrected chi connectivity index (χ2v) is 5.63. The Morgan fingerprint density at radius 2 is 1.95 bits per heavy atom. The Morgan fingerprint density at radius 1 is 1.16 bits per heavy atom. The first-order valence-electron chi connectivity index (χ1n) is 6.44. The number of hydrogen-bond acceptors (Lipinski definition) is 2. The lowest BCUT2D eigenvalue weighted by Crippen LogP contribution is -2.27. The van der Waals surface area contributed by atoms with Crippen LogP contribution < -0.4 is 5.32 Å². The highest BCUT2D eigenvalue weighted by atomic mass is 35.5. The van der Waals surface area contributed by atoms with Crippen molar-refractivity contribution in [3.05, 3.63) is 46.5 Å². The smallest absolute Gasteiger partial charge is 0.0994 e. The molecule has 1 saturated heterocycles. The van der Waals surface area contributed by atoms with E-state index >= 15 is 0 Å². The van der Waals surface area contributed by atoms with E-state index in [0.717, 1.165) is 31.6 Å². The molecule has 0 aliphatic carbocycles. The first-order chi connectivity index (χ1) is 9.25.